The van der Waals surface area contributed by atoms with E-state index < -0.39 is 11.4 Å². The lowest BCUT2D eigenvalue weighted by Gasteiger charge is -2.44. The van der Waals surface area contributed by atoms with E-state index in [1.165, 1.54) is 6.33 Å². The van der Waals surface area contributed by atoms with Crippen molar-refractivity contribution in [1.82, 2.24) is 19.8 Å². The number of hydrogen-bond donors (Lipinski definition) is 2. The number of nitrogens with one attached hydrogen (secondary N) is 2. The monoisotopic (exact) mass is 505 g/mol. The van der Waals surface area contributed by atoms with Crippen molar-refractivity contribution in [2.24, 2.45) is 0 Å². The molecule has 5 rings (SSSR count). The third kappa shape index (κ3) is 4.26. The molecule has 1 aromatic heterocycles. The largest absolute Gasteiger partial charge is 0.350 e. The van der Waals surface area contributed by atoms with Gasteiger partial charge < -0.3 is 20.1 Å². The fraction of sp³-hybridized carbons (Fsp3) is 0.333. The summed E-state index contributed by atoms with van der Waals surface area (Å²) in [5.41, 5.74) is 2.54. The van der Waals surface area contributed by atoms with Crippen molar-refractivity contribution in [1.29, 1.82) is 0 Å². The van der Waals surface area contributed by atoms with Gasteiger partial charge in [0.1, 0.15) is 11.2 Å². The number of aromatic nitrogens is 2. The second kappa shape index (κ2) is 9.09. The molecule has 2 heterocycles. The maximum atomic E-state index is 13.8. The van der Waals surface area contributed by atoms with Crippen LogP contribution in [0.3, 0.4) is 0 Å². The van der Waals surface area contributed by atoms with E-state index in [2.05, 4.69) is 15.6 Å². The van der Waals surface area contributed by atoms with E-state index in [1.54, 1.807) is 41.5 Å². The molecule has 1 saturated carbocycles. The first kappa shape index (κ1) is 24.1. The van der Waals surface area contributed by atoms with Crippen molar-refractivity contribution in [3.8, 4) is 0 Å². The molecular weight excluding hydrogens is 478 g/mol. The molecule has 1 fully saturated rings. The number of carbonyl (C=O) groups excluding carboxylic acids is 3. The van der Waals surface area contributed by atoms with E-state index in [-0.39, 0.29) is 35.8 Å². The standard InChI is InChI=1S/C27H28ClN5O3/c1-16-7-9-18(10-8-16)13-29-26(36)27(3)14-32-15-30-22(23(32)25(35)33(27)19-11-12-19)24(34)31-21-6-4-5-20(28)17(21)2/h4-10,15,19H,11-14H2,1-3H3,(H,29,36)(H,31,34). The van der Waals surface area contributed by atoms with Crippen molar-refractivity contribution in [3.63, 3.8) is 0 Å². The number of benzene rings is 2. The van der Waals surface area contributed by atoms with Crippen molar-refractivity contribution in [2.45, 2.75) is 58.3 Å². The quantitative estimate of drug-likeness (QED) is 0.527. The Labute approximate surface area is 214 Å². The van der Waals surface area contributed by atoms with Gasteiger partial charge >= 0.3 is 0 Å². The third-order valence-corrected chi connectivity index (χ3v) is 7.38. The van der Waals surface area contributed by atoms with Crippen LogP contribution >= 0.6 is 11.6 Å². The highest BCUT2D eigenvalue weighted by Crippen LogP contribution is 2.39. The van der Waals surface area contributed by atoms with Crippen LogP contribution in [0.4, 0.5) is 5.69 Å². The molecule has 0 bridgehead atoms. The van der Waals surface area contributed by atoms with Gasteiger partial charge in [-0.1, -0.05) is 47.5 Å². The molecular formula is C27H28ClN5O3. The molecule has 0 saturated heterocycles. The first-order valence-corrected chi connectivity index (χ1v) is 12.4. The summed E-state index contributed by atoms with van der Waals surface area (Å²) in [7, 11) is 0. The van der Waals surface area contributed by atoms with Crippen LogP contribution in [-0.4, -0.2) is 43.8 Å². The number of fused-ring (bicyclic) bond motifs is 1. The molecule has 9 heteroatoms. The molecule has 36 heavy (non-hydrogen) atoms. The molecule has 3 amide bonds. The number of nitrogens with zero attached hydrogens (tertiary/aromatic N) is 3. The van der Waals surface area contributed by atoms with Crippen molar-refractivity contribution in [2.75, 3.05) is 5.32 Å². The average molecular weight is 506 g/mol. The van der Waals surface area contributed by atoms with Crippen LogP contribution in [0.25, 0.3) is 0 Å². The fourth-order valence-electron chi connectivity index (χ4n) is 4.72. The Morgan fingerprint density at radius 3 is 2.56 bits per heavy atom. The topological polar surface area (TPSA) is 96.3 Å². The minimum Gasteiger partial charge on any atom is -0.350 e. The van der Waals surface area contributed by atoms with Crippen LogP contribution in [-0.2, 0) is 17.9 Å². The molecule has 2 N–H and O–H groups in total. The molecule has 2 aromatic carbocycles. The maximum Gasteiger partial charge on any atom is 0.276 e. The van der Waals surface area contributed by atoms with Gasteiger partial charge in [-0.05, 0) is 56.9 Å². The molecule has 1 unspecified atom stereocenters. The molecule has 8 nitrogen and oxygen atoms in total. The molecule has 1 aliphatic heterocycles. The second-order valence-electron chi connectivity index (χ2n) is 9.78. The third-order valence-electron chi connectivity index (χ3n) is 6.97. The van der Waals surface area contributed by atoms with Gasteiger partial charge in [-0.3, -0.25) is 14.4 Å². The van der Waals surface area contributed by atoms with Gasteiger partial charge in [-0.15, -0.1) is 0 Å². The predicted octanol–water partition coefficient (Wildman–Crippen LogP) is 4.10. The van der Waals surface area contributed by atoms with E-state index >= 15 is 0 Å². The number of anilines is 1. The van der Waals surface area contributed by atoms with E-state index in [9.17, 15) is 14.4 Å². The molecule has 0 spiro atoms. The molecule has 186 valence electrons. The molecule has 0 radical (unpaired) electrons. The van der Waals surface area contributed by atoms with Crippen LogP contribution < -0.4 is 10.6 Å². The van der Waals surface area contributed by atoms with Gasteiger partial charge in [-0.2, -0.15) is 0 Å². The van der Waals surface area contributed by atoms with E-state index in [4.69, 9.17) is 11.6 Å². The van der Waals surface area contributed by atoms with Crippen LogP contribution in [0.5, 0.6) is 0 Å². The van der Waals surface area contributed by atoms with Crippen molar-refractivity contribution >= 4 is 35.0 Å². The Hall–Kier alpha value is -3.65. The number of halogens is 1. The van der Waals surface area contributed by atoms with Crippen LogP contribution in [0.15, 0.2) is 48.8 Å². The first-order valence-electron chi connectivity index (χ1n) is 12.0. The van der Waals surface area contributed by atoms with Crippen LogP contribution in [0.2, 0.25) is 5.02 Å². The zero-order chi connectivity index (χ0) is 25.6. The van der Waals surface area contributed by atoms with Gasteiger partial charge in [0, 0.05) is 23.3 Å². The van der Waals surface area contributed by atoms with Gasteiger partial charge in [0.05, 0.1) is 12.9 Å². The second-order valence-corrected chi connectivity index (χ2v) is 10.2. The lowest BCUT2D eigenvalue weighted by Crippen LogP contribution is -2.64. The van der Waals surface area contributed by atoms with Gasteiger partial charge in [0.2, 0.25) is 5.91 Å². The normalized spacial score (nSPS) is 19.1. The Bertz CT molecular complexity index is 1360. The van der Waals surface area contributed by atoms with E-state index in [1.807, 2.05) is 31.2 Å². The Kier molecular flexibility index (Phi) is 6.08. The molecule has 1 atom stereocenters. The molecule has 2 aliphatic rings. The number of carbonyl (C=O) groups is 3. The summed E-state index contributed by atoms with van der Waals surface area (Å²) >= 11 is 6.18. The highest BCUT2D eigenvalue weighted by atomic mass is 35.5. The molecule has 1 aliphatic carbocycles. The minimum atomic E-state index is -1.10. The Morgan fingerprint density at radius 2 is 1.86 bits per heavy atom. The summed E-state index contributed by atoms with van der Waals surface area (Å²) < 4.78 is 1.62. The summed E-state index contributed by atoms with van der Waals surface area (Å²) in [6.07, 6.45) is 3.11. The summed E-state index contributed by atoms with van der Waals surface area (Å²) in [5, 5.41) is 6.36. The van der Waals surface area contributed by atoms with Crippen molar-refractivity contribution in [3.05, 3.63) is 81.9 Å². The predicted molar refractivity (Wildman–Crippen MR) is 137 cm³/mol. The number of amides is 3. The minimum absolute atomic E-state index is 0.0344. The molecule has 3 aromatic rings. The van der Waals surface area contributed by atoms with E-state index in [0.717, 1.165) is 29.5 Å². The Morgan fingerprint density at radius 1 is 1.14 bits per heavy atom. The lowest BCUT2D eigenvalue weighted by atomic mass is 9.93. The summed E-state index contributed by atoms with van der Waals surface area (Å²) in [6.45, 7) is 6.18. The summed E-state index contributed by atoms with van der Waals surface area (Å²) in [4.78, 5) is 46.3. The number of aryl methyl sites for hydroxylation is 1. The van der Waals surface area contributed by atoms with Gasteiger partial charge in [0.15, 0.2) is 5.69 Å². The zero-order valence-electron chi connectivity index (χ0n) is 20.5. The highest BCUT2D eigenvalue weighted by molar-refractivity contribution is 6.31. The number of hydrogen-bond acceptors (Lipinski definition) is 4. The highest BCUT2D eigenvalue weighted by Gasteiger charge is 2.53. The smallest absolute Gasteiger partial charge is 0.276 e. The summed E-state index contributed by atoms with van der Waals surface area (Å²) in [6, 6.07) is 13.1. The van der Waals surface area contributed by atoms with Crippen LogP contribution in [0, 0.1) is 13.8 Å². The van der Waals surface area contributed by atoms with Crippen molar-refractivity contribution < 1.29 is 14.4 Å². The maximum absolute atomic E-state index is 13.8. The number of rotatable bonds is 6. The zero-order valence-corrected chi connectivity index (χ0v) is 21.2. The fourth-order valence-corrected chi connectivity index (χ4v) is 4.90. The van der Waals surface area contributed by atoms with Gasteiger partial charge in [-0.25, -0.2) is 4.98 Å². The summed E-state index contributed by atoms with van der Waals surface area (Å²) in [5.74, 6) is -1.09. The Balaban J connectivity index is 1.41. The lowest BCUT2D eigenvalue weighted by molar-refractivity contribution is -0.133. The van der Waals surface area contributed by atoms with E-state index in [0.29, 0.717) is 17.3 Å². The number of imidazole rings is 1. The van der Waals surface area contributed by atoms with Gasteiger partial charge in [0.25, 0.3) is 11.8 Å². The average Bonchev–Trinajstić information content (AvgIpc) is 3.59. The first-order chi connectivity index (χ1) is 17.2. The van der Waals surface area contributed by atoms with Crippen LogP contribution in [0.1, 0.15) is 57.4 Å². The SMILES string of the molecule is Cc1ccc(CNC(=O)C2(C)Cn3cnc(C(=O)Nc4cccc(Cl)c4C)c3C(=O)N2C2CC2)cc1.